The number of aromatic amines is 1. The number of fused-ring (bicyclic) bond motifs is 1. The van der Waals surface area contributed by atoms with Crippen LogP contribution in [-0.2, 0) is 12.8 Å². The molecule has 1 heterocycles. The van der Waals surface area contributed by atoms with Crippen LogP contribution in [0.15, 0.2) is 24.4 Å². The van der Waals surface area contributed by atoms with Crippen molar-refractivity contribution in [2.45, 2.75) is 19.3 Å². The van der Waals surface area contributed by atoms with Crippen molar-refractivity contribution in [3.63, 3.8) is 0 Å². The third kappa shape index (κ3) is 1.48. The Morgan fingerprint density at radius 2 is 2.12 bits per heavy atom. The van der Waals surface area contributed by atoms with E-state index < -0.39 is 0 Å². The molecule has 3 nitrogen and oxygen atoms in total. The van der Waals surface area contributed by atoms with Crippen LogP contribution in [0.5, 0.6) is 0 Å². The fourth-order valence-electron chi connectivity index (χ4n) is 2.33. The minimum Gasteiger partial charge on any atom is -0.359 e. The van der Waals surface area contributed by atoms with Crippen molar-refractivity contribution in [1.82, 2.24) is 9.97 Å². The topological polar surface area (TPSA) is 40.7 Å². The summed E-state index contributed by atoms with van der Waals surface area (Å²) in [7, 11) is 1.87. The van der Waals surface area contributed by atoms with Gasteiger partial charge in [0.25, 0.3) is 0 Å². The van der Waals surface area contributed by atoms with Crippen molar-refractivity contribution in [3.05, 3.63) is 35.5 Å². The van der Waals surface area contributed by atoms with Crippen molar-refractivity contribution in [2.75, 3.05) is 12.4 Å². The van der Waals surface area contributed by atoms with E-state index in [0.717, 1.165) is 11.6 Å². The van der Waals surface area contributed by atoms with Crippen molar-refractivity contribution >= 4 is 5.95 Å². The first-order valence-corrected chi connectivity index (χ1v) is 5.72. The lowest BCUT2D eigenvalue weighted by molar-refractivity contribution is 0.912. The van der Waals surface area contributed by atoms with Gasteiger partial charge in [-0.1, -0.05) is 12.1 Å². The number of aryl methyl sites for hydroxylation is 2. The third-order valence-electron chi connectivity index (χ3n) is 3.22. The molecule has 82 valence electrons. The van der Waals surface area contributed by atoms with Gasteiger partial charge in [0.2, 0.25) is 0 Å². The Bertz CT molecular complexity index is 514. The van der Waals surface area contributed by atoms with Crippen LogP contribution in [0.4, 0.5) is 5.95 Å². The maximum atomic E-state index is 4.24. The van der Waals surface area contributed by atoms with Crippen molar-refractivity contribution in [2.24, 2.45) is 0 Å². The van der Waals surface area contributed by atoms with Gasteiger partial charge in [0.05, 0.1) is 11.9 Å². The van der Waals surface area contributed by atoms with Gasteiger partial charge in [-0.15, -0.1) is 0 Å². The van der Waals surface area contributed by atoms with Crippen LogP contribution in [0.25, 0.3) is 11.3 Å². The summed E-state index contributed by atoms with van der Waals surface area (Å²) in [6, 6.07) is 6.71. The van der Waals surface area contributed by atoms with Gasteiger partial charge in [-0.3, -0.25) is 0 Å². The molecule has 1 aromatic carbocycles. The predicted octanol–water partition coefficient (Wildman–Crippen LogP) is 2.61. The Morgan fingerprint density at radius 1 is 1.25 bits per heavy atom. The molecule has 0 radical (unpaired) electrons. The van der Waals surface area contributed by atoms with Gasteiger partial charge in [0.15, 0.2) is 5.95 Å². The van der Waals surface area contributed by atoms with Gasteiger partial charge in [0.1, 0.15) is 0 Å². The SMILES string of the molecule is CNc1ncc(-c2ccc3c(c2)CCC3)[nH]1. The van der Waals surface area contributed by atoms with Crippen molar-refractivity contribution in [1.29, 1.82) is 0 Å². The highest BCUT2D eigenvalue weighted by molar-refractivity contribution is 5.62. The highest BCUT2D eigenvalue weighted by Gasteiger charge is 2.12. The minimum absolute atomic E-state index is 0.815. The van der Waals surface area contributed by atoms with Gasteiger partial charge in [0, 0.05) is 7.05 Å². The molecule has 0 spiro atoms. The zero-order valence-corrected chi connectivity index (χ0v) is 9.38. The lowest BCUT2D eigenvalue weighted by atomic mass is 10.1. The molecule has 1 aliphatic carbocycles. The smallest absolute Gasteiger partial charge is 0.200 e. The number of H-pyrrole nitrogens is 1. The molecule has 2 N–H and O–H groups in total. The average Bonchev–Trinajstić information content (AvgIpc) is 2.96. The summed E-state index contributed by atoms with van der Waals surface area (Å²) < 4.78 is 0. The van der Waals surface area contributed by atoms with Crippen LogP contribution in [0.1, 0.15) is 17.5 Å². The molecular formula is C13H15N3. The predicted molar refractivity (Wildman–Crippen MR) is 65.6 cm³/mol. The van der Waals surface area contributed by atoms with Gasteiger partial charge in [-0.25, -0.2) is 4.98 Å². The number of aromatic nitrogens is 2. The van der Waals surface area contributed by atoms with E-state index in [1.54, 1.807) is 0 Å². The quantitative estimate of drug-likeness (QED) is 0.805. The number of nitrogens with zero attached hydrogens (tertiary/aromatic N) is 1. The Hall–Kier alpha value is -1.77. The molecule has 2 aromatic rings. The van der Waals surface area contributed by atoms with Crippen LogP contribution in [0.3, 0.4) is 0 Å². The number of hydrogen-bond donors (Lipinski definition) is 2. The Labute approximate surface area is 94.9 Å². The second-order valence-corrected chi connectivity index (χ2v) is 4.23. The van der Waals surface area contributed by atoms with E-state index in [4.69, 9.17) is 0 Å². The second-order valence-electron chi connectivity index (χ2n) is 4.23. The second kappa shape index (κ2) is 3.67. The summed E-state index contributed by atoms with van der Waals surface area (Å²) in [6.07, 6.45) is 5.63. The maximum Gasteiger partial charge on any atom is 0.200 e. The van der Waals surface area contributed by atoms with E-state index in [9.17, 15) is 0 Å². The fraction of sp³-hybridized carbons (Fsp3) is 0.308. The van der Waals surface area contributed by atoms with Crippen LogP contribution < -0.4 is 5.32 Å². The molecule has 0 amide bonds. The zero-order chi connectivity index (χ0) is 11.0. The molecule has 3 heteroatoms. The summed E-state index contributed by atoms with van der Waals surface area (Å²) in [6.45, 7) is 0. The molecule has 0 fully saturated rings. The normalized spacial score (nSPS) is 13.8. The molecule has 0 atom stereocenters. The molecule has 1 aliphatic rings. The summed E-state index contributed by atoms with van der Waals surface area (Å²) in [5.74, 6) is 0.815. The van der Waals surface area contributed by atoms with Crippen molar-refractivity contribution < 1.29 is 0 Å². The third-order valence-corrected chi connectivity index (χ3v) is 3.22. The lowest BCUT2D eigenvalue weighted by Crippen LogP contribution is -1.89. The summed E-state index contributed by atoms with van der Waals surface area (Å²) in [4.78, 5) is 7.49. The number of nitrogens with one attached hydrogen (secondary N) is 2. The molecule has 0 aliphatic heterocycles. The fourth-order valence-corrected chi connectivity index (χ4v) is 2.33. The first-order valence-electron chi connectivity index (χ1n) is 5.72. The van der Waals surface area contributed by atoms with E-state index in [1.165, 1.54) is 36.0 Å². The monoisotopic (exact) mass is 213 g/mol. The highest BCUT2D eigenvalue weighted by Crippen LogP contribution is 2.27. The van der Waals surface area contributed by atoms with Gasteiger partial charge in [-0.2, -0.15) is 0 Å². The summed E-state index contributed by atoms with van der Waals surface area (Å²) >= 11 is 0. The Morgan fingerprint density at radius 3 is 2.94 bits per heavy atom. The van der Waals surface area contributed by atoms with Gasteiger partial charge in [-0.05, 0) is 42.0 Å². The standard InChI is InChI=1S/C13H15N3/c1-14-13-15-8-12(16-13)11-6-5-9-3-2-4-10(9)7-11/h5-8H,2-4H2,1H3,(H2,14,15,16). The Balaban J connectivity index is 2.00. The first kappa shape index (κ1) is 9.46. The zero-order valence-electron chi connectivity index (χ0n) is 9.38. The summed E-state index contributed by atoms with van der Waals surface area (Å²) in [5, 5.41) is 3.00. The molecule has 1 aromatic heterocycles. The number of hydrogen-bond acceptors (Lipinski definition) is 2. The average molecular weight is 213 g/mol. The molecule has 0 saturated heterocycles. The maximum absolute atomic E-state index is 4.24. The molecule has 0 bridgehead atoms. The number of rotatable bonds is 2. The summed E-state index contributed by atoms with van der Waals surface area (Å²) in [5.41, 5.74) is 5.32. The van der Waals surface area contributed by atoms with E-state index in [-0.39, 0.29) is 0 Å². The molecule has 3 rings (SSSR count). The number of imidazole rings is 1. The lowest BCUT2D eigenvalue weighted by Gasteiger charge is -2.02. The van der Waals surface area contributed by atoms with Crippen LogP contribution >= 0.6 is 0 Å². The van der Waals surface area contributed by atoms with E-state index in [2.05, 4.69) is 33.5 Å². The molecular weight excluding hydrogens is 198 g/mol. The van der Waals surface area contributed by atoms with Gasteiger partial charge >= 0.3 is 0 Å². The Kier molecular flexibility index (Phi) is 2.17. The van der Waals surface area contributed by atoms with E-state index >= 15 is 0 Å². The molecule has 0 saturated carbocycles. The van der Waals surface area contributed by atoms with E-state index in [1.807, 2.05) is 13.2 Å². The number of anilines is 1. The highest BCUT2D eigenvalue weighted by atomic mass is 15.1. The van der Waals surface area contributed by atoms with Gasteiger partial charge < -0.3 is 10.3 Å². The van der Waals surface area contributed by atoms with Crippen LogP contribution in [-0.4, -0.2) is 17.0 Å². The number of benzene rings is 1. The van der Waals surface area contributed by atoms with Crippen molar-refractivity contribution in [3.8, 4) is 11.3 Å². The molecule has 16 heavy (non-hydrogen) atoms. The van der Waals surface area contributed by atoms with Crippen LogP contribution in [0.2, 0.25) is 0 Å². The van der Waals surface area contributed by atoms with E-state index in [0.29, 0.717) is 0 Å². The largest absolute Gasteiger partial charge is 0.359 e. The minimum atomic E-state index is 0.815. The van der Waals surface area contributed by atoms with Crippen LogP contribution in [0, 0.1) is 0 Å². The first-order chi connectivity index (χ1) is 7.86. The molecule has 0 unspecified atom stereocenters.